The molecule has 0 bridgehead atoms. The summed E-state index contributed by atoms with van der Waals surface area (Å²) in [6.45, 7) is 6.59. The molecule has 0 aliphatic carbocycles. The molecular formula is C26H25N7OS. The van der Waals surface area contributed by atoms with Gasteiger partial charge in [-0.2, -0.15) is 0 Å². The van der Waals surface area contributed by atoms with Crippen LogP contribution in [0.3, 0.4) is 0 Å². The molecule has 176 valence electrons. The predicted molar refractivity (Wildman–Crippen MR) is 138 cm³/mol. The highest BCUT2D eigenvalue weighted by Crippen LogP contribution is 2.28. The van der Waals surface area contributed by atoms with Crippen molar-refractivity contribution in [2.75, 3.05) is 5.32 Å². The summed E-state index contributed by atoms with van der Waals surface area (Å²) in [4.78, 5) is 21.0. The van der Waals surface area contributed by atoms with Crippen LogP contribution in [-0.2, 0) is 12.0 Å². The first-order valence-electron chi connectivity index (χ1n) is 11.2. The molecule has 1 aromatic carbocycles. The van der Waals surface area contributed by atoms with Gasteiger partial charge in [-0.05, 0) is 41.0 Å². The van der Waals surface area contributed by atoms with E-state index in [1.54, 1.807) is 12.4 Å². The Labute approximate surface area is 207 Å². The lowest BCUT2D eigenvalue weighted by Crippen LogP contribution is -2.28. The van der Waals surface area contributed by atoms with Gasteiger partial charge < -0.3 is 5.32 Å². The van der Waals surface area contributed by atoms with Crippen LogP contribution in [0, 0.1) is 0 Å². The fourth-order valence-electron chi connectivity index (χ4n) is 3.61. The molecule has 0 atom stereocenters. The summed E-state index contributed by atoms with van der Waals surface area (Å²) in [5, 5.41) is 15.2. The zero-order valence-electron chi connectivity index (χ0n) is 19.7. The molecule has 0 unspecified atom stereocenters. The molecule has 9 heteroatoms. The Bertz CT molecular complexity index is 1470. The summed E-state index contributed by atoms with van der Waals surface area (Å²) in [5.41, 5.74) is 6.02. The molecule has 0 fully saturated rings. The smallest absolute Gasteiger partial charge is 0.321 e. The number of amides is 2. The first-order valence-corrected chi connectivity index (χ1v) is 12.0. The minimum atomic E-state index is -0.308. The van der Waals surface area contributed by atoms with Gasteiger partial charge in [0, 0.05) is 36.1 Å². The summed E-state index contributed by atoms with van der Waals surface area (Å²) in [5.74, 6) is 0. The van der Waals surface area contributed by atoms with Crippen molar-refractivity contribution in [3.05, 3.63) is 83.9 Å². The van der Waals surface area contributed by atoms with Gasteiger partial charge in [0.15, 0.2) is 0 Å². The highest BCUT2D eigenvalue weighted by Gasteiger charge is 2.20. The van der Waals surface area contributed by atoms with Crippen molar-refractivity contribution in [3.8, 4) is 22.4 Å². The molecule has 4 aromatic heterocycles. The molecule has 2 N–H and O–H groups in total. The van der Waals surface area contributed by atoms with Gasteiger partial charge in [0.05, 0.1) is 11.9 Å². The molecule has 0 aliphatic rings. The number of imidazole rings is 1. The van der Waals surface area contributed by atoms with Crippen molar-refractivity contribution in [1.29, 1.82) is 0 Å². The van der Waals surface area contributed by atoms with Gasteiger partial charge in [-0.15, -0.1) is 10.2 Å². The minimum Gasteiger partial charge on any atom is -0.334 e. The molecule has 0 radical (unpaired) electrons. The lowest BCUT2D eigenvalue weighted by Gasteiger charge is -2.12. The van der Waals surface area contributed by atoms with E-state index >= 15 is 0 Å². The normalized spacial score (nSPS) is 11.5. The number of fused-ring (bicyclic) bond motifs is 1. The number of benzene rings is 1. The summed E-state index contributed by atoms with van der Waals surface area (Å²) in [7, 11) is 0. The number of carbonyl (C=O) groups is 1. The van der Waals surface area contributed by atoms with Crippen molar-refractivity contribution in [3.63, 3.8) is 0 Å². The molecule has 2 amide bonds. The molecule has 4 heterocycles. The van der Waals surface area contributed by atoms with E-state index in [4.69, 9.17) is 0 Å². The quantitative estimate of drug-likeness (QED) is 0.342. The van der Waals surface area contributed by atoms with Gasteiger partial charge >= 0.3 is 6.03 Å². The van der Waals surface area contributed by atoms with Gasteiger partial charge in [0.25, 0.3) is 0 Å². The fourth-order valence-corrected chi connectivity index (χ4v) is 4.41. The number of nitrogens with one attached hydrogen (secondary N) is 2. The van der Waals surface area contributed by atoms with E-state index in [2.05, 4.69) is 68.1 Å². The number of rotatable bonds is 5. The molecular weight excluding hydrogens is 458 g/mol. The van der Waals surface area contributed by atoms with Gasteiger partial charge in [-0.1, -0.05) is 56.4 Å². The molecule has 35 heavy (non-hydrogen) atoms. The third-order valence-electron chi connectivity index (χ3n) is 5.52. The Morgan fingerprint density at radius 2 is 1.74 bits per heavy atom. The maximum atomic E-state index is 12.3. The van der Waals surface area contributed by atoms with Gasteiger partial charge in [0.2, 0.25) is 5.13 Å². The Morgan fingerprint density at radius 3 is 2.46 bits per heavy atom. The lowest BCUT2D eigenvalue weighted by molar-refractivity contribution is 0.251. The summed E-state index contributed by atoms with van der Waals surface area (Å²) in [6.07, 6.45) is 7.48. The average molecular weight is 484 g/mol. The van der Waals surface area contributed by atoms with E-state index in [-0.39, 0.29) is 11.4 Å². The molecule has 5 rings (SSSR count). The van der Waals surface area contributed by atoms with Crippen LogP contribution in [0.15, 0.2) is 73.3 Å². The van der Waals surface area contributed by atoms with E-state index < -0.39 is 0 Å². The zero-order valence-corrected chi connectivity index (χ0v) is 20.5. The standard InChI is InChI=1S/C26H25N7OS/c1-26(2,3)23-31-32-25(35-23)30-24(34)29-15-17-4-6-19(7-5-17)21-16-28-22-14-20(10-13-33(21)22)18-8-11-27-12-9-18/h4-14,16H,15H2,1-3H3,(H2,29,30,32,34). The van der Waals surface area contributed by atoms with Crippen LogP contribution in [0.1, 0.15) is 31.3 Å². The maximum Gasteiger partial charge on any atom is 0.321 e. The second-order valence-corrected chi connectivity index (χ2v) is 10.2. The molecule has 0 aliphatic heterocycles. The second kappa shape index (κ2) is 9.27. The Balaban J connectivity index is 1.23. The van der Waals surface area contributed by atoms with E-state index in [0.717, 1.165) is 38.6 Å². The van der Waals surface area contributed by atoms with Crippen LogP contribution in [0.2, 0.25) is 0 Å². The van der Waals surface area contributed by atoms with E-state index in [1.165, 1.54) is 11.3 Å². The Morgan fingerprint density at radius 1 is 0.971 bits per heavy atom. The first-order chi connectivity index (χ1) is 16.9. The van der Waals surface area contributed by atoms with E-state index in [0.29, 0.717) is 11.7 Å². The Hall–Kier alpha value is -4.11. The number of nitrogens with zero attached hydrogens (tertiary/aromatic N) is 5. The van der Waals surface area contributed by atoms with Crippen LogP contribution < -0.4 is 10.6 Å². The number of hydrogen-bond donors (Lipinski definition) is 2. The van der Waals surface area contributed by atoms with Crippen molar-refractivity contribution in [2.24, 2.45) is 0 Å². The molecule has 0 saturated carbocycles. The molecule has 8 nitrogen and oxygen atoms in total. The first kappa shape index (κ1) is 22.7. The average Bonchev–Trinajstić information content (AvgIpc) is 3.50. The van der Waals surface area contributed by atoms with Gasteiger partial charge in [-0.25, -0.2) is 9.78 Å². The molecule has 0 spiro atoms. The van der Waals surface area contributed by atoms with Crippen molar-refractivity contribution in [1.82, 2.24) is 29.9 Å². The monoisotopic (exact) mass is 483 g/mol. The minimum absolute atomic E-state index is 0.0987. The largest absolute Gasteiger partial charge is 0.334 e. The van der Waals surface area contributed by atoms with Crippen LogP contribution in [0.5, 0.6) is 0 Å². The van der Waals surface area contributed by atoms with Crippen LogP contribution in [0.25, 0.3) is 28.0 Å². The predicted octanol–water partition coefficient (Wildman–Crippen LogP) is 5.53. The summed E-state index contributed by atoms with van der Waals surface area (Å²) < 4.78 is 2.07. The number of carbonyl (C=O) groups excluding carboxylic acids is 1. The topological polar surface area (TPSA) is 97.1 Å². The van der Waals surface area contributed by atoms with Crippen molar-refractivity contribution in [2.45, 2.75) is 32.7 Å². The zero-order chi connectivity index (χ0) is 24.4. The molecule has 0 saturated heterocycles. The van der Waals surface area contributed by atoms with E-state index in [1.807, 2.05) is 48.8 Å². The number of pyridine rings is 2. The van der Waals surface area contributed by atoms with Gasteiger partial charge in [-0.3, -0.25) is 14.7 Å². The Kier molecular flexibility index (Phi) is 6.00. The number of aromatic nitrogens is 5. The lowest BCUT2D eigenvalue weighted by atomic mass is 9.98. The number of hydrogen-bond acceptors (Lipinski definition) is 6. The number of urea groups is 1. The third-order valence-corrected chi connectivity index (χ3v) is 6.78. The van der Waals surface area contributed by atoms with Crippen LogP contribution in [0.4, 0.5) is 9.93 Å². The summed E-state index contributed by atoms with van der Waals surface area (Å²) in [6, 6.07) is 15.9. The van der Waals surface area contributed by atoms with Gasteiger partial charge in [0.1, 0.15) is 10.7 Å². The fraction of sp³-hybridized carbons (Fsp3) is 0.192. The van der Waals surface area contributed by atoms with Crippen molar-refractivity contribution >= 4 is 28.1 Å². The third kappa shape index (κ3) is 5.04. The number of anilines is 1. The van der Waals surface area contributed by atoms with Crippen molar-refractivity contribution < 1.29 is 4.79 Å². The summed E-state index contributed by atoms with van der Waals surface area (Å²) >= 11 is 1.39. The highest BCUT2D eigenvalue weighted by atomic mass is 32.1. The second-order valence-electron chi connectivity index (χ2n) is 9.19. The maximum absolute atomic E-state index is 12.3. The SMILES string of the molecule is CC(C)(C)c1nnc(NC(=O)NCc2ccc(-c3cnc4cc(-c5ccncc5)ccn34)cc2)s1. The van der Waals surface area contributed by atoms with Crippen LogP contribution >= 0.6 is 11.3 Å². The van der Waals surface area contributed by atoms with E-state index in [9.17, 15) is 4.79 Å². The van der Waals surface area contributed by atoms with Crippen LogP contribution in [-0.4, -0.2) is 30.6 Å². The molecule has 5 aromatic rings. The highest BCUT2D eigenvalue weighted by molar-refractivity contribution is 7.15.